The highest BCUT2D eigenvalue weighted by atomic mass is 32.2. The Balaban J connectivity index is 2.17. The summed E-state index contributed by atoms with van der Waals surface area (Å²) in [4.78, 5) is 0.0802. The summed E-state index contributed by atoms with van der Waals surface area (Å²) in [5, 5.41) is 3.75. The molecule has 0 aliphatic rings. The van der Waals surface area contributed by atoms with Gasteiger partial charge in [-0.2, -0.15) is 11.3 Å². The van der Waals surface area contributed by atoms with Gasteiger partial charge in [0.2, 0.25) is 10.0 Å². The van der Waals surface area contributed by atoms with Crippen LogP contribution in [-0.2, 0) is 16.6 Å². The molecule has 0 bridgehead atoms. The summed E-state index contributed by atoms with van der Waals surface area (Å²) in [6.07, 6.45) is 0. The lowest BCUT2D eigenvalue weighted by molar-refractivity contribution is 0.580. The van der Waals surface area contributed by atoms with E-state index in [4.69, 9.17) is 0 Å². The first-order valence-electron chi connectivity index (χ1n) is 5.26. The van der Waals surface area contributed by atoms with Crippen LogP contribution in [0, 0.1) is 12.7 Å². The van der Waals surface area contributed by atoms with Gasteiger partial charge in [0.25, 0.3) is 0 Å². The molecular weight excluding hydrogens is 273 g/mol. The van der Waals surface area contributed by atoms with E-state index in [1.807, 2.05) is 16.8 Å². The Labute approximate surface area is 109 Å². The Bertz CT molecular complexity index is 636. The molecule has 0 amide bonds. The predicted octanol–water partition coefficient (Wildman–Crippen LogP) is 2.67. The molecule has 3 nitrogen and oxygen atoms in total. The van der Waals surface area contributed by atoms with E-state index in [0.717, 1.165) is 11.6 Å². The first kappa shape index (κ1) is 13.2. The molecule has 0 radical (unpaired) electrons. The number of hydrogen-bond acceptors (Lipinski definition) is 3. The first-order chi connectivity index (χ1) is 8.49. The fourth-order valence-corrected chi connectivity index (χ4v) is 3.21. The van der Waals surface area contributed by atoms with E-state index in [-0.39, 0.29) is 11.4 Å². The lowest BCUT2D eigenvalue weighted by Crippen LogP contribution is -2.23. The van der Waals surface area contributed by atoms with E-state index in [2.05, 4.69) is 4.72 Å². The summed E-state index contributed by atoms with van der Waals surface area (Å²) in [7, 11) is -3.59. The van der Waals surface area contributed by atoms with Crippen LogP contribution in [0.15, 0.2) is 39.9 Å². The summed E-state index contributed by atoms with van der Waals surface area (Å²) in [5.74, 6) is -0.410. The third-order valence-corrected chi connectivity index (χ3v) is 4.62. The van der Waals surface area contributed by atoms with Gasteiger partial charge < -0.3 is 0 Å². The molecule has 1 aromatic carbocycles. The zero-order chi connectivity index (χ0) is 13.2. The Morgan fingerprint density at radius 2 is 2.11 bits per heavy atom. The van der Waals surface area contributed by atoms with Gasteiger partial charge in [0.15, 0.2) is 0 Å². The van der Waals surface area contributed by atoms with Crippen LogP contribution >= 0.6 is 11.3 Å². The van der Waals surface area contributed by atoms with E-state index >= 15 is 0 Å². The van der Waals surface area contributed by atoms with Crippen molar-refractivity contribution in [3.63, 3.8) is 0 Å². The molecule has 2 rings (SSSR count). The van der Waals surface area contributed by atoms with Gasteiger partial charge in [-0.1, -0.05) is 0 Å². The molecule has 1 heterocycles. The van der Waals surface area contributed by atoms with Crippen LogP contribution < -0.4 is 4.72 Å². The molecule has 0 saturated heterocycles. The largest absolute Gasteiger partial charge is 0.240 e. The predicted molar refractivity (Wildman–Crippen MR) is 69.5 cm³/mol. The average molecular weight is 285 g/mol. The fraction of sp³-hybridized carbons (Fsp3) is 0.167. The second-order valence-electron chi connectivity index (χ2n) is 3.87. The molecule has 0 unspecified atom stereocenters. The zero-order valence-corrected chi connectivity index (χ0v) is 11.3. The minimum absolute atomic E-state index is 0.0802. The Kier molecular flexibility index (Phi) is 3.79. The summed E-state index contributed by atoms with van der Waals surface area (Å²) in [6.45, 7) is 1.77. The topological polar surface area (TPSA) is 46.2 Å². The van der Waals surface area contributed by atoms with Crippen molar-refractivity contribution in [2.45, 2.75) is 18.4 Å². The van der Waals surface area contributed by atoms with Crippen molar-refractivity contribution in [2.75, 3.05) is 0 Å². The molecule has 0 aliphatic carbocycles. The van der Waals surface area contributed by atoms with Crippen molar-refractivity contribution in [3.05, 3.63) is 52.0 Å². The number of sulfonamides is 1. The maximum absolute atomic E-state index is 13.1. The van der Waals surface area contributed by atoms with Gasteiger partial charge in [0, 0.05) is 6.54 Å². The second-order valence-corrected chi connectivity index (χ2v) is 6.41. The van der Waals surface area contributed by atoms with E-state index in [0.29, 0.717) is 5.56 Å². The average Bonchev–Trinajstić information content (AvgIpc) is 2.83. The molecule has 0 fully saturated rings. The Morgan fingerprint density at radius 1 is 1.33 bits per heavy atom. The molecule has 6 heteroatoms. The van der Waals surface area contributed by atoms with Crippen molar-refractivity contribution >= 4 is 21.4 Å². The van der Waals surface area contributed by atoms with Crippen molar-refractivity contribution in [1.82, 2.24) is 4.72 Å². The summed E-state index contributed by atoms with van der Waals surface area (Å²) in [5.41, 5.74) is 1.22. The number of halogens is 1. The van der Waals surface area contributed by atoms with Gasteiger partial charge in [0.1, 0.15) is 5.82 Å². The lowest BCUT2D eigenvalue weighted by Gasteiger charge is -2.07. The van der Waals surface area contributed by atoms with Crippen LogP contribution in [0.4, 0.5) is 4.39 Å². The van der Waals surface area contributed by atoms with Gasteiger partial charge in [-0.05, 0) is 53.1 Å². The second kappa shape index (κ2) is 5.17. The molecular formula is C12H12FNO2S2. The Hall–Kier alpha value is -1.24. The zero-order valence-electron chi connectivity index (χ0n) is 9.68. The molecule has 2 aromatic rings. The molecule has 1 N–H and O–H groups in total. The molecule has 1 aromatic heterocycles. The van der Waals surface area contributed by atoms with Crippen molar-refractivity contribution in [1.29, 1.82) is 0 Å². The monoisotopic (exact) mass is 285 g/mol. The molecule has 96 valence electrons. The molecule has 0 aliphatic heterocycles. The molecule has 0 atom stereocenters. The van der Waals surface area contributed by atoms with E-state index < -0.39 is 15.8 Å². The quantitative estimate of drug-likeness (QED) is 0.938. The summed E-state index contributed by atoms with van der Waals surface area (Å²) in [6, 6.07) is 5.60. The molecule has 0 saturated carbocycles. The van der Waals surface area contributed by atoms with Crippen LogP contribution in [0.25, 0.3) is 0 Å². The normalized spacial score (nSPS) is 11.7. The van der Waals surface area contributed by atoms with Crippen LogP contribution in [0.1, 0.15) is 11.1 Å². The van der Waals surface area contributed by atoms with Crippen molar-refractivity contribution < 1.29 is 12.8 Å². The smallest absolute Gasteiger partial charge is 0.207 e. The summed E-state index contributed by atoms with van der Waals surface area (Å²) >= 11 is 1.51. The maximum Gasteiger partial charge on any atom is 0.240 e. The van der Waals surface area contributed by atoms with Gasteiger partial charge in [0.05, 0.1) is 4.90 Å². The standard InChI is InChI=1S/C12H12FNO2S2/c1-9-6-11(2-3-12(9)13)18(15,16)14-7-10-4-5-17-8-10/h2-6,8,14H,7H2,1H3. The highest BCUT2D eigenvalue weighted by Crippen LogP contribution is 2.15. The number of rotatable bonds is 4. The Morgan fingerprint density at radius 3 is 2.72 bits per heavy atom. The number of benzene rings is 1. The van der Waals surface area contributed by atoms with Crippen molar-refractivity contribution in [3.8, 4) is 0 Å². The van der Waals surface area contributed by atoms with Crippen LogP contribution in [0.2, 0.25) is 0 Å². The van der Waals surface area contributed by atoms with Gasteiger partial charge >= 0.3 is 0 Å². The molecule has 18 heavy (non-hydrogen) atoms. The van der Waals surface area contributed by atoms with Crippen LogP contribution in [-0.4, -0.2) is 8.42 Å². The van der Waals surface area contributed by atoms with Gasteiger partial charge in [-0.3, -0.25) is 0 Å². The fourth-order valence-electron chi connectivity index (χ4n) is 1.44. The SMILES string of the molecule is Cc1cc(S(=O)(=O)NCc2ccsc2)ccc1F. The van der Waals surface area contributed by atoms with E-state index in [9.17, 15) is 12.8 Å². The third kappa shape index (κ3) is 2.95. The maximum atomic E-state index is 13.1. The summed E-state index contributed by atoms with van der Waals surface area (Å²) < 4.78 is 39.5. The van der Waals surface area contributed by atoms with E-state index in [1.165, 1.54) is 30.4 Å². The highest BCUT2D eigenvalue weighted by molar-refractivity contribution is 7.89. The third-order valence-electron chi connectivity index (χ3n) is 2.49. The van der Waals surface area contributed by atoms with Gasteiger partial charge in [-0.25, -0.2) is 17.5 Å². The highest BCUT2D eigenvalue weighted by Gasteiger charge is 2.14. The van der Waals surface area contributed by atoms with Crippen LogP contribution in [0.5, 0.6) is 0 Å². The van der Waals surface area contributed by atoms with Crippen LogP contribution in [0.3, 0.4) is 0 Å². The number of hydrogen-bond donors (Lipinski definition) is 1. The van der Waals surface area contributed by atoms with Crippen molar-refractivity contribution in [2.24, 2.45) is 0 Å². The number of nitrogens with one attached hydrogen (secondary N) is 1. The van der Waals surface area contributed by atoms with Gasteiger partial charge in [-0.15, -0.1) is 0 Å². The molecule has 0 spiro atoms. The number of thiophene rings is 1. The lowest BCUT2D eigenvalue weighted by atomic mass is 10.2. The minimum Gasteiger partial charge on any atom is -0.207 e. The van der Waals surface area contributed by atoms with E-state index in [1.54, 1.807) is 0 Å². The number of aryl methyl sites for hydroxylation is 1. The first-order valence-corrected chi connectivity index (χ1v) is 7.68. The minimum atomic E-state index is -3.59.